The number of benzene rings is 1. The predicted octanol–water partition coefficient (Wildman–Crippen LogP) is 6.34. The van der Waals surface area contributed by atoms with E-state index >= 15 is 4.39 Å². The monoisotopic (exact) mass is 720 g/mol. The van der Waals surface area contributed by atoms with Crippen LogP contribution in [0.5, 0.6) is 0 Å². The fraction of sp³-hybridized carbons (Fsp3) is 0.625. The third kappa shape index (κ3) is 7.00. The minimum atomic E-state index is -4.35. The standard InChI is InChI=1S/C24H32BrF2IN2O6S/c1-21(2,3)35-19(31)30(20(32)36-22(4,5)6)18-23(7,10-11-28)37(33,34)14-24(13-26,29-18)16-12-15(25)8-9-17(16)27/h8-9,12H,10-11,13-14H2,1-7H3/t23-,24-/m0/s1. The number of nitrogens with zero attached hydrogens (tertiary/aromatic N) is 2. The van der Waals surface area contributed by atoms with Crippen LogP contribution in [0.15, 0.2) is 27.7 Å². The van der Waals surface area contributed by atoms with Crippen molar-refractivity contribution >= 4 is 66.4 Å². The number of carbonyl (C=O) groups excluding carboxylic acids is 2. The van der Waals surface area contributed by atoms with Crippen LogP contribution in [0.4, 0.5) is 18.4 Å². The van der Waals surface area contributed by atoms with Crippen molar-refractivity contribution in [2.45, 2.75) is 76.4 Å². The Morgan fingerprint density at radius 3 is 2.08 bits per heavy atom. The molecule has 0 saturated heterocycles. The average Bonchev–Trinajstić information content (AvgIpc) is 2.70. The van der Waals surface area contributed by atoms with Crippen LogP contribution in [0.3, 0.4) is 0 Å². The number of alkyl halides is 2. The molecule has 2 rings (SSSR count). The fourth-order valence-corrected chi connectivity index (χ4v) is 7.57. The van der Waals surface area contributed by atoms with Crippen molar-refractivity contribution in [2.24, 2.45) is 4.99 Å². The minimum absolute atomic E-state index is 0.0693. The van der Waals surface area contributed by atoms with Crippen LogP contribution in [0.2, 0.25) is 0 Å². The third-order valence-corrected chi connectivity index (χ3v) is 9.14. The van der Waals surface area contributed by atoms with E-state index in [1.54, 1.807) is 41.5 Å². The highest BCUT2D eigenvalue weighted by Crippen LogP contribution is 2.43. The molecule has 13 heteroatoms. The summed E-state index contributed by atoms with van der Waals surface area (Å²) in [5, 5.41) is 0. The van der Waals surface area contributed by atoms with Gasteiger partial charge in [0.1, 0.15) is 39.8 Å². The van der Waals surface area contributed by atoms with Crippen LogP contribution in [0.1, 0.15) is 60.5 Å². The maximum Gasteiger partial charge on any atom is 0.425 e. The van der Waals surface area contributed by atoms with Crippen molar-refractivity contribution in [2.75, 3.05) is 16.9 Å². The van der Waals surface area contributed by atoms with Crippen molar-refractivity contribution < 1.29 is 36.3 Å². The number of hydrogen-bond acceptors (Lipinski definition) is 7. The van der Waals surface area contributed by atoms with Crippen molar-refractivity contribution in [3.63, 3.8) is 0 Å². The highest BCUT2D eigenvalue weighted by molar-refractivity contribution is 14.1. The molecule has 0 spiro atoms. The predicted molar refractivity (Wildman–Crippen MR) is 149 cm³/mol. The topological polar surface area (TPSA) is 102 Å². The Bertz CT molecular complexity index is 1170. The third-order valence-electron chi connectivity index (χ3n) is 5.49. The molecule has 0 bridgehead atoms. The van der Waals surface area contributed by atoms with Gasteiger partial charge in [-0.1, -0.05) is 38.5 Å². The summed E-state index contributed by atoms with van der Waals surface area (Å²) in [6, 6.07) is 3.66. The van der Waals surface area contributed by atoms with Crippen LogP contribution >= 0.6 is 38.5 Å². The van der Waals surface area contributed by atoms with Crippen LogP contribution in [0.25, 0.3) is 0 Å². The van der Waals surface area contributed by atoms with Crippen molar-refractivity contribution in [1.82, 2.24) is 4.90 Å². The van der Waals surface area contributed by atoms with Gasteiger partial charge in [-0.25, -0.2) is 26.8 Å². The van der Waals surface area contributed by atoms with Crippen molar-refractivity contribution in [3.05, 3.63) is 34.1 Å². The molecule has 0 N–H and O–H groups in total. The summed E-state index contributed by atoms with van der Waals surface area (Å²) in [6.45, 7) is 9.25. The number of ether oxygens (including phenoxy) is 2. The molecular weight excluding hydrogens is 689 g/mol. The van der Waals surface area contributed by atoms with Gasteiger partial charge in [-0.05, 0) is 73.1 Å². The van der Waals surface area contributed by atoms with E-state index in [1.165, 1.54) is 19.1 Å². The lowest BCUT2D eigenvalue weighted by molar-refractivity contribution is 0.0138. The lowest BCUT2D eigenvalue weighted by Gasteiger charge is -2.44. The molecule has 37 heavy (non-hydrogen) atoms. The van der Waals surface area contributed by atoms with E-state index in [2.05, 4.69) is 20.9 Å². The number of amidine groups is 1. The highest BCUT2D eigenvalue weighted by Gasteiger charge is 2.58. The molecule has 0 unspecified atom stereocenters. The molecule has 0 saturated carbocycles. The van der Waals surface area contributed by atoms with Gasteiger partial charge in [0, 0.05) is 14.5 Å². The number of aliphatic imine (C=N–C) groups is 1. The Kier molecular flexibility index (Phi) is 9.50. The van der Waals surface area contributed by atoms with E-state index in [0.717, 1.165) is 6.07 Å². The number of rotatable bonds is 4. The Morgan fingerprint density at radius 2 is 1.65 bits per heavy atom. The zero-order valence-electron chi connectivity index (χ0n) is 21.8. The van der Waals surface area contributed by atoms with Crippen molar-refractivity contribution in [1.29, 1.82) is 0 Å². The average molecular weight is 721 g/mol. The molecular formula is C24H32BrF2IN2O6S. The maximum absolute atomic E-state index is 15.0. The van der Waals surface area contributed by atoms with Gasteiger partial charge in [0.05, 0.1) is 5.75 Å². The first-order chi connectivity index (χ1) is 16.7. The molecule has 0 aliphatic carbocycles. The molecule has 1 aliphatic rings. The number of hydrogen-bond donors (Lipinski definition) is 0. The first-order valence-electron chi connectivity index (χ1n) is 11.4. The summed E-state index contributed by atoms with van der Waals surface area (Å²) in [5.41, 5.74) is -4.78. The van der Waals surface area contributed by atoms with Gasteiger partial charge in [0.15, 0.2) is 9.84 Å². The number of carbonyl (C=O) groups is 2. The van der Waals surface area contributed by atoms with Gasteiger partial charge in [-0.2, -0.15) is 4.90 Å². The summed E-state index contributed by atoms with van der Waals surface area (Å²) >= 11 is 5.16. The maximum atomic E-state index is 15.0. The zero-order chi connectivity index (χ0) is 28.6. The van der Waals surface area contributed by atoms with Gasteiger partial charge < -0.3 is 9.47 Å². The molecule has 0 aromatic heterocycles. The molecule has 8 nitrogen and oxygen atoms in total. The van der Waals surface area contributed by atoms with Crippen molar-refractivity contribution in [3.8, 4) is 0 Å². The zero-order valence-corrected chi connectivity index (χ0v) is 26.4. The van der Waals surface area contributed by atoms with Crippen LogP contribution in [-0.2, 0) is 24.8 Å². The second-order valence-electron chi connectivity index (χ2n) is 10.9. The van der Waals surface area contributed by atoms with E-state index < -0.39 is 67.6 Å². The van der Waals surface area contributed by atoms with E-state index in [-0.39, 0.29) is 16.4 Å². The highest BCUT2D eigenvalue weighted by atomic mass is 127. The van der Waals surface area contributed by atoms with Gasteiger partial charge in [-0.3, -0.25) is 4.99 Å². The van der Waals surface area contributed by atoms with E-state index in [0.29, 0.717) is 9.37 Å². The Morgan fingerprint density at radius 1 is 1.14 bits per heavy atom. The largest absolute Gasteiger partial charge is 0.443 e. The van der Waals surface area contributed by atoms with Gasteiger partial charge in [0.25, 0.3) is 0 Å². The lowest BCUT2D eigenvalue weighted by atomic mass is 9.92. The summed E-state index contributed by atoms with van der Waals surface area (Å²) < 4.78 is 67.2. The minimum Gasteiger partial charge on any atom is -0.443 e. The summed E-state index contributed by atoms with van der Waals surface area (Å²) in [4.78, 5) is 31.6. The molecule has 1 aromatic rings. The number of sulfone groups is 1. The SMILES string of the molecule is CC(C)(C)OC(=O)N(C(=O)OC(C)(C)C)C1=N[C@](CF)(c2cc(Br)ccc2F)CS(=O)(=O)[C@@]1(C)CCI. The molecule has 1 aromatic carbocycles. The second-order valence-corrected chi connectivity index (χ2v) is 15.4. The molecule has 0 fully saturated rings. The van der Waals surface area contributed by atoms with Gasteiger partial charge in [0.2, 0.25) is 0 Å². The van der Waals surface area contributed by atoms with Gasteiger partial charge >= 0.3 is 12.2 Å². The van der Waals surface area contributed by atoms with E-state index in [4.69, 9.17) is 9.47 Å². The van der Waals surface area contributed by atoms with Crippen LogP contribution in [0, 0.1) is 5.82 Å². The summed E-state index contributed by atoms with van der Waals surface area (Å²) in [5.74, 6) is -2.36. The Labute approximate surface area is 238 Å². The summed E-state index contributed by atoms with van der Waals surface area (Å²) in [7, 11) is -4.35. The van der Waals surface area contributed by atoms with Gasteiger partial charge in [-0.15, -0.1) is 0 Å². The lowest BCUT2D eigenvalue weighted by Crippen LogP contribution is -2.63. The first kappa shape index (κ1) is 31.9. The first-order valence-corrected chi connectivity index (χ1v) is 15.4. The van der Waals surface area contributed by atoms with E-state index in [9.17, 15) is 22.4 Å². The fourth-order valence-electron chi connectivity index (χ4n) is 3.70. The Balaban J connectivity index is 2.98. The quantitative estimate of drug-likeness (QED) is 0.266. The number of amides is 2. The van der Waals surface area contributed by atoms with E-state index in [1.807, 2.05) is 22.6 Å². The smallest absolute Gasteiger partial charge is 0.425 e. The Hall–Kier alpha value is -1.35. The second kappa shape index (κ2) is 11.0. The number of imide groups is 1. The normalized spacial score (nSPS) is 23.7. The molecule has 208 valence electrons. The van der Waals surface area contributed by atoms with Crippen LogP contribution in [-0.4, -0.2) is 64.1 Å². The molecule has 2 atom stereocenters. The molecule has 0 radical (unpaired) electrons. The van der Waals surface area contributed by atoms with Crippen LogP contribution < -0.4 is 0 Å². The molecule has 1 heterocycles. The summed E-state index contributed by atoms with van der Waals surface area (Å²) in [6.07, 6.45) is -2.57. The molecule has 1 aliphatic heterocycles. The molecule has 2 amide bonds. The number of halogens is 4.